The van der Waals surface area contributed by atoms with Crippen molar-refractivity contribution in [3.63, 3.8) is 0 Å². The number of benzene rings is 1. The summed E-state index contributed by atoms with van der Waals surface area (Å²) in [5, 5.41) is 5.02. The Hall–Kier alpha value is 0.0900. The van der Waals surface area contributed by atoms with Crippen molar-refractivity contribution in [2.75, 3.05) is 0 Å². The van der Waals surface area contributed by atoms with Gasteiger partial charge in [0.2, 0.25) is 10.0 Å². The number of halogens is 2. The molecule has 0 aromatic heterocycles. The normalized spacial score (nSPS) is 11.7. The molecule has 0 amide bonds. The van der Waals surface area contributed by atoms with Crippen LogP contribution < -0.4 is 5.14 Å². The summed E-state index contributed by atoms with van der Waals surface area (Å²) in [5.74, 6) is 0. The lowest BCUT2D eigenvalue weighted by Gasteiger charge is -2.05. The molecule has 6 heteroatoms. The van der Waals surface area contributed by atoms with Gasteiger partial charge in [-0.1, -0.05) is 0 Å². The highest BCUT2D eigenvalue weighted by Gasteiger charge is 2.16. The van der Waals surface area contributed by atoms with E-state index in [9.17, 15) is 8.42 Å². The third kappa shape index (κ3) is 2.52. The van der Waals surface area contributed by atoms with E-state index in [0.29, 0.717) is 8.95 Å². The SMILES string of the molecule is Cc1cc(Br)c(S(N)(=O)=O)c(Br)c1. The third-order valence-electron chi connectivity index (χ3n) is 1.43. The lowest BCUT2D eigenvalue weighted by atomic mass is 10.2. The Morgan fingerprint density at radius 2 is 1.62 bits per heavy atom. The van der Waals surface area contributed by atoms with Gasteiger partial charge in [0.1, 0.15) is 4.90 Å². The van der Waals surface area contributed by atoms with Gasteiger partial charge in [0, 0.05) is 8.95 Å². The maximum Gasteiger partial charge on any atom is 0.240 e. The molecule has 0 bridgehead atoms. The zero-order valence-electron chi connectivity index (χ0n) is 6.71. The van der Waals surface area contributed by atoms with Gasteiger partial charge in [0.15, 0.2) is 0 Å². The monoisotopic (exact) mass is 327 g/mol. The molecule has 0 fully saturated rings. The van der Waals surface area contributed by atoms with Gasteiger partial charge in [-0.25, -0.2) is 13.6 Å². The van der Waals surface area contributed by atoms with Crippen LogP contribution in [-0.2, 0) is 10.0 Å². The van der Waals surface area contributed by atoms with Gasteiger partial charge in [0.05, 0.1) is 0 Å². The van der Waals surface area contributed by atoms with Crippen LogP contribution in [0.5, 0.6) is 0 Å². The van der Waals surface area contributed by atoms with Crippen molar-refractivity contribution in [3.8, 4) is 0 Å². The summed E-state index contributed by atoms with van der Waals surface area (Å²) in [6.07, 6.45) is 0. The van der Waals surface area contributed by atoms with Crippen LogP contribution in [0.25, 0.3) is 0 Å². The summed E-state index contributed by atoms with van der Waals surface area (Å²) in [6, 6.07) is 3.40. The number of primary sulfonamides is 1. The van der Waals surface area contributed by atoms with Crippen molar-refractivity contribution < 1.29 is 8.42 Å². The predicted octanol–water partition coefficient (Wildman–Crippen LogP) is 2.17. The fourth-order valence-corrected chi connectivity index (χ4v) is 4.39. The van der Waals surface area contributed by atoms with E-state index in [1.165, 1.54) is 0 Å². The van der Waals surface area contributed by atoms with Crippen LogP contribution in [0.2, 0.25) is 0 Å². The molecule has 72 valence electrons. The second-order valence-electron chi connectivity index (χ2n) is 2.60. The number of nitrogens with two attached hydrogens (primary N) is 1. The van der Waals surface area contributed by atoms with E-state index in [2.05, 4.69) is 31.9 Å². The van der Waals surface area contributed by atoms with Crippen molar-refractivity contribution in [1.82, 2.24) is 0 Å². The van der Waals surface area contributed by atoms with Crippen LogP contribution in [0.3, 0.4) is 0 Å². The molecule has 1 rings (SSSR count). The predicted molar refractivity (Wildman–Crippen MR) is 58.0 cm³/mol. The summed E-state index contributed by atoms with van der Waals surface area (Å²) >= 11 is 6.29. The highest BCUT2D eigenvalue weighted by atomic mass is 79.9. The van der Waals surface area contributed by atoms with Crippen LogP contribution in [0.4, 0.5) is 0 Å². The highest BCUT2D eigenvalue weighted by Crippen LogP contribution is 2.30. The molecule has 0 aliphatic rings. The summed E-state index contributed by atoms with van der Waals surface area (Å²) in [5.41, 5.74) is 0.950. The van der Waals surface area contributed by atoms with Crippen molar-refractivity contribution >= 4 is 41.9 Å². The van der Waals surface area contributed by atoms with Gasteiger partial charge in [-0.3, -0.25) is 0 Å². The number of hydrogen-bond donors (Lipinski definition) is 1. The lowest BCUT2D eigenvalue weighted by Crippen LogP contribution is -2.13. The molecule has 13 heavy (non-hydrogen) atoms. The Morgan fingerprint density at radius 3 is 1.92 bits per heavy atom. The molecule has 1 aromatic carbocycles. The molecular formula is C7H7Br2NO2S. The van der Waals surface area contributed by atoms with E-state index in [-0.39, 0.29) is 4.90 Å². The van der Waals surface area contributed by atoms with Crippen LogP contribution in [0.15, 0.2) is 26.0 Å². The molecule has 1 aromatic rings. The van der Waals surface area contributed by atoms with E-state index in [1.807, 2.05) is 6.92 Å². The molecule has 0 saturated heterocycles. The fraction of sp³-hybridized carbons (Fsp3) is 0.143. The number of hydrogen-bond acceptors (Lipinski definition) is 2. The van der Waals surface area contributed by atoms with Crippen LogP contribution in [-0.4, -0.2) is 8.42 Å². The zero-order valence-corrected chi connectivity index (χ0v) is 10.7. The summed E-state index contributed by atoms with van der Waals surface area (Å²) in [7, 11) is -3.67. The molecule has 0 aliphatic carbocycles. The average Bonchev–Trinajstić information content (AvgIpc) is 1.78. The van der Waals surface area contributed by atoms with E-state index in [0.717, 1.165) is 5.56 Å². The smallest absolute Gasteiger partial charge is 0.225 e. The molecule has 0 saturated carbocycles. The Balaban J connectivity index is 3.57. The standard InChI is InChI=1S/C7H7Br2NO2S/c1-4-2-5(8)7(6(9)3-4)13(10,11)12/h2-3H,1H3,(H2,10,11,12). The first-order valence-electron chi connectivity index (χ1n) is 3.31. The number of aryl methyl sites for hydroxylation is 1. The van der Waals surface area contributed by atoms with Crippen molar-refractivity contribution in [2.24, 2.45) is 5.14 Å². The van der Waals surface area contributed by atoms with Gasteiger partial charge in [-0.05, 0) is 56.5 Å². The van der Waals surface area contributed by atoms with Gasteiger partial charge in [-0.15, -0.1) is 0 Å². The van der Waals surface area contributed by atoms with E-state index in [1.54, 1.807) is 12.1 Å². The van der Waals surface area contributed by atoms with Crippen molar-refractivity contribution in [1.29, 1.82) is 0 Å². The largest absolute Gasteiger partial charge is 0.240 e. The Morgan fingerprint density at radius 1 is 1.23 bits per heavy atom. The number of sulfonamides is 1. The first kappa shape index (κ1) is 11.2. The Kier molecular flexibility index (Phi) is 3.16. The Labute approximate surface area is 93.6 Å². The maximum absolute atomic E-state index is 11.1. The molecular weight excluding hydrogens is 322 g/mol. The fourth-order valence-electron chi connectivity index (χ4n) is 0.958. The first-order chi connectivity index (χ1) is 5.82. The van der Waals surface area contributed by atoms with Gasteiger partial charge < -0.3 is 0 Å². The van der Waals surface area contributed by atoms with E-state index >= 15 is 0 Å². The molecule has 2 N–H and O–H groups in total. The van der Waals surface area contributed by atoms with Crippen molar-refractivity contribution in [2.45, 2.75) is 11.8 Å². The van der Waals surface area contributed by atoms with Crippen LogP contribution >= 0.6 is 31.9 Å². The average molecular weight is 329 g/mol. The Bertz CT molecular complexity index is 419. The molecule has 0 radical (unpaired) electrons. The zero-order chi connectivity index (χ0) is 10.2. The highest BCUT2D eigenvalue weighted by molar-refractivity contribution is 9.11. The minimum Gasteiger partial charge on any atom is -0.225 e. The number of rotatable bonds is 1. The molecule has 0 unspecified atom stereocenters. The van der Waals surface area contributed by atoms with E-state index in [4.69, 9.17) is 5.14 Å². The van der Waals surface area contributed by atoms with Gasteiger partial charge in [-0.2, -0.15) is 0 Å². The molecule has 3 nitrogen and oxygen atoms in total. The third-order valence-corrected chi connectivity index (χ3v) is 4.21. The second-order valence-corrected chi connectivity index (χ2v) is 5.81. The summed E-state index contributed by atoms with van der Waals surface area (Å²) < 4.78 is 23.2. The molecule has 0 aliphatic heterocycles. The summed E-state index contributed by atoms with van der Waals surface area (Å²) in [6.45, 7) is 1.86. The maximum atomic E-state index is 11.1. The molecule has 0 heterocycles. The minimum atomic E-state index is -3.67. The van der Waals surface area contributed by atoms with E-state index < -0.39 is 10.0 Å². The first-order valence-corrected chi connectivity index (χ1v) is 6.44. The minimum absolute atomic E-state index is 0.0816. The lowest BCUT2D eigenvalue weighted by molar-refractivity contribution is 0.597. The van der Waals surface area contributed by atoms with Crippen molar-refractivity contribution in [3.05, 3.63) is 26.6 Å². The topological polar surface area (TPSA) is 60.2 Å². The van der Waals surface area contributed by atoms with Crippen LogP contribution in [0, 0.1) is 6.92 Å². The second kappa shape index (κ2) is 3.68. The molecule has 0 spiro atoms. The van der Waals surface area contributed by atoms with Gasteiger partial charge in [0.25, 0.3) is 0 Å². The molecule has 0 atom stereocenters. The summed E-state index contributed by atoms with van der Waals surface area (Å²) in [4.78, 5) is 0.0816. The van der Waals surface area contributed by atoms with Gasteiger partial charge >= 0.3 is 0 Å². The van der Waals surface area contributed by atoms with Crippen LogP contribution in [0.1, 0.15) is 5.56 Å². The quantitative estimate of drug-likeness (QED) is 0.858.